The van der Waals surface area contributed by atoms with Crippen molar-refractivity contribution in [2.24, 2.45) is 0 Å². The summed E-state index contributed by atoms with van der Waals surface area (Å²) in [4.78, 5) is 14.9. The first-order chi connectivity index (χ1) is 13.9. The van der Waals surface area contributed by atoms with Gasteiger partial charge < -0.3 is 4.90 Å². The normalized spacial score (nSPS) is 13.7. The van der Waals surface area contributed by atoms with Gasteiger partial charge in [0, 0.05) is 29.4 Å². The van der Waals surface area contributed by atoms with E-state index in [4.69, 9.17) is 0 Å². The van der Waals surface area contributed by atoms with Crippen LogP contribution in [0.2, 0.25) is 0 Å². The van der Waals surface area contributed by atoms with Crippen LogP contribution in [0.5, 0.6) is 0 Å². The number of carbonyl (C=O) groups is 1. The highest BCUT2D eigenvalue weighted by atomic mass is 32.2. The van der Waals surface area contributed by atoms with E-state index in [1.54, 1.807) is 61.2 Å². The quantitative estimate of drug-likeness (QED) is 0.611. The predicted molar refractivity (Wildman–Crippen MR) is 111 cm³/mol. The van der Waals surface area contributed by atoms with Crippen LogP contribution in [-0.4, -0.2) is 31.7 Å². The van der Waals surface area contributed by atoms with Crippen molar-refractivity contribution in [2.45, 2.75) is 25.3 Å². The number of nitrogens with zero attached hydrogens (tertiary/aromatic N) is 2. The SMILES string of the molecule is CCN(CC)S(=O)(=O)c1ccc2c3c(cccc13)C(=O)N2Cc1ccc(F)cc1. The number of anilines is 1. The molecule has 0 fully saturated rings. The van der Waals surface area contributed by atoms with Crippen molar-refractivity contribution in [1.82, 2.24) is 4.31 Å². The van der Waals surface area contributed by atoms with Gasteiger partial charge in [0.2, 0.25) is 10.0 Å². The Kier molecular flexibility index (Phi) is 4.88. The van der Waals surface area contributed by atoms with Crippen LogP contribution in [0.25, 0.3) is 10.8 Å². The van der Waals surface area contributed by atoms with E-state index in [0.717, 1.165) is 5.56 Å². The van der Waals surface area contributed by atoms with Crippen molar-refractivity contribution in [3.63, 3.8) is 0 Å². The van der Waals surface area contributed by atoms with Gasteiger partial charge in [-0.25, -0.2) is 12.8 Å². The van der Waals surface area contributed by atoms with Crippen molar-refractivity contribution in [3.05, 3.63) is 71.5 Å². The van der Waals surface area contributed by atoms with Crippen LogP contribution in [0.1, 0.15) is 29.8 Å². The molecule has 0 saturated heterocycles. The van der Waals surface area contributed by atoms with Gasteiger partial charge >= 0.3 is 0 Å². The second kappa shape index (κ2) is 7.24. The van der Waals surface area contributed by atoms with Crippen LogP contribution >= 0.6 is 0 Å². The van der Waals surface area contributed by atoms with E-state index in [0.29, 0.717) is 35.1 Å². The van der Waals surface area contributed by atoms with E-state index >= 15 is 0 Å². The predicted octanol–water partition coefficient (Wildman–Crippen LogP) is 4.17. The minimum absolute atomic E-state index is 0.188. The summed E-state index contributed by atoms with van der Waals surface area (Å²) in [6.07, 6.45) is 0. The molecule has 5 nitrogen and oxygen atoms in total. The molecule has 3 aromatic carbocycles. The van der Waals surface area contributed by atoms with Gasteiger partial charge in [-0.3, -0.25) is 4.79 Å². The zero-order chi connectivity index (χ0) is 20.8. The smallest absolute Gasteiger partial charge is 0.259 e. The fraction of sp³-hybridized carbons (Fsp3) is 0.227. The molecule has 1 heterocycles. The van der Waals surface area contributed by atoms with Gasteiger partial charge in [0.05, 0.1) is 17.1 Å². The summed E-state index contributed by atoms with van der Waals surface area (Å²) < 4.78 is 40.9. The minimum atomic E-state index is -3.67. The van der Waals surface area contributed by atoms with Gasteiger partial charge in [-0.15, -0.1) is 0 Å². The molecule has 7 heteroatoms. The van der Waals surface area contributed by atoms with E-state index in [9.17, 15) is 17.6 Å². The van der Waals surface area contributed by atoms with Crippen LogP contribution in [0, 0.1) is 5.82 Å². The number of amides is 1. The average molecular weight is 412 g/mol. The number of sulfonamides is 1. The molecule has 0 N–H and O–H groups in total. The lowest BCUT2D eigenvalue weighted by atomic mass is 10.1. The van der Waals surface area contributed by atoms with Crippen LogP contribution in [0.3, 0.4) is 0 Å². The Hall–Kier alpha value is -2.77. The van der Waals surface area contributed by atoms with Gasteiger partial charge in [0.15, 0.2) is 0 Å². The summed E-state index contributed by atoms with van der Waals surface area (Å²) in [6.45, 7) is 4.63. The molecule has 4 rings (SSSR count). The molecule has 0 aromatic heterocycles. The highest BCUT2D eigenvalue weighted by Crippen LogP contribution is 2.41. The molecule has 0 saturated carbocycles. The van der Waals surface area contributed by atoms with E-state index in [1.807, 2.05) is 0 Å². The van der Waals surface area contributed by atoms with Gasteiger partial charge in [-0.1, -0.05) is 38.1 Å². The third-order valence-corrected chi connectivity index (χ3v) is 7.43. The Morgan fingerprint density at radius 2 is 1.66 bits per heavy atom. The molecule has 29 heavy (non-hydrogen) atoms. The Morgan fingerprint density at radius 3 is 2.31 bits per heavy atom. The fourth-order valence-electron chi connectivity index (χ4n) is 3.88. The van der Waals surface area contributed by atoms with Gasteiger partial charge in [-0.05, 0) is 35.9 Å². The number of carbonyl (C=O) groups excluding carboxylic acids is 1. The Balaban J connectivity index is 1.85. The highest BCUT2D eigenvalue weighted by molar-refractivity contribution is 7.89. The van der Waals surface area contributed by atoms with Gasteiger partial charge in [-0.2, -0.15) is 4.31 Å². The van der Waals surface area contributed by atoms with Crippen LogP contribution in [0.4, 0.5) is 10.1 Å². The first kappa shape index (κ1) is 19.5. The highest BCUT2D eigenvalue weighted by Gasteiger charge is 2.33. The molecule has 0 atom stereocenters. The maximum absolute atomic E-state index is 13.2. The molecule has 0 bridgehead atoms. The Bertz CT molecular complexity index is 1200. The largest absolute Gasteiger partial charge is 0.303 e. The minimum Gasteiger partial charge on any atom is -0.303 e. The number of hydrogen-bond donors (Lipinski definition) is 0. The molecule has 0 radical (unpaired) electrons. The molecule has 150 valence electrons. The van der Waals surface area contributed by atoms with Crippen LogP contribution < -0.4 is 4.90 Å². The first-order valence-electron chi connectivity index (χ1n) is 9.50. The fourth-order valence-corrected chi connectivity index (χ4v) is 5.52. The van der Waals surface area contributed by atoms with E-state index < -0.39 is 10.0 Å². The monoisotopic (exact) mass is 412 g/mol. The van der Waals surface area contributed by atoms with Crippen molar-refractivity contribution in [2.75, 3.05) is 18.0 Å². The Labute approximate surface area is 169 Å². The molecule has 1 aliphatic rings. The average Bonchev–Trinajstić information content (AvgIpc) is 2.98. The maximum atomic E-state index is 13.2. The Morgan fingerprint density at radius 1 is 0.966 bits per heavy atom. The van der Waals surface area contributed by atoms with Crippen LogP contribution in [-0.2, 0) is 16.6 Å². The van der Waals surface area contributed by atoms with Crippen molar-refractivity contribution >= 4 is 32.4 Å². The number of halogens is 1. The maximum Gasteiger partial charge on any atom is 0.259 e. The number of hydrogen-bond acceptors (Lipinski definition) is 3. The zero-order valence-corrected chi connectivity index (χ0v) is 17.0. The van der Waals surface area contributed by atoms with Crippen molar-refractivity contribution in [1.29, 1.82) is 0 Å². The standard InChI is InChI=1S/C22H21FN2O3S/c1-3-24(4-2)29(27,28)20-13-12-19-21-17(20)6-5-7-18(21)22(26)25(19)14-15-8-10-16(23)11-9-15/h5-13H,3-4,14H2,1-2H3. The molecule has 0 aliphatic carbocycles. The summed E-state index contributed by atoms with van der Waals surface area (Å²) in [5.74, 6) is -0.523. The van der Waals surface area contributed by atoms with Gasteiger partial charge in [0.1, 0.15) is 5.82 Å². The molecule has 3 aromatic rings. The second-order valence-corrected chi connectivity index (χ2v) is 8.82. The molecule has 1 amide bonds. The number of benzene rings is 3. The summed E-state index contributed by atoms with van der Waals surface area (Å²) in [7, 11) is -3.67. The molecule has 0 unspecified atom stereocenters. The molecule has 0 spiro atoms. The van der Waals surface area contributed by atoms with Gasteiger partial charge in [0.25, 0.3) is 5.91 Å². The summed E-state index contributed by atoms with van der Waals surface area (Å²) in [5, 5.41) is 1.19. The third-order valence-electron chi connectivity index (χ3n) is 5.32. The second-order valence-electron chi connectivity index (χ2n) is 6.92. The lowest BCUT2D eigenvalue weighted by Gasteiger charge is -2.21. The first-order valence-corrected chi connectivity index (χ1v) is 10.9. The summed E-state index contributed by atoms with van der Waals surface area (Å²) >= 11 is 0. The molecular weight excluding hydrogens is 391 g/mol. The molecular formula is C22H21FN2O3S. The summed E-state index contributed by atoms with van der Waals surface area (Å²) in [6, 6.07) is 14.4. The summed E-state index contributed by atoms with van der Waals surface area (Å²) in [5.41, 5.74) is 1.94. The molecule has 1 aliphatic heterocycles. The zero-order valence-electron chi connectivity index (χ0n) is 16.2. The van der Waals surface area contributed by atoms with Crippen LogP contribution in [0.15, 0.2) is 59.5 Å². The van der Waals surface area contributed by atoms with Crippen molar-refractivity contribution < 1.29 is 17.6 Å². The lowest BCUT2D eigenvalue weighted by Crippen LogP contribution is -2.30. The van der Waals surface area contributed by atoms with E-state index in [2.05, 4.69) is 0 Å². The topological polar surface area (TPSA) is 57.7 Å². The third kappa shape index (κ3) is 3.10. The van der Waals surface area contributed by atoms with E-state index in [1.165, 1.54) is 16.4 Å². The lowest BCUT2D eigenvalue weighted by molar-refractivity contribution is 0.0991. The van der Waals surface area contributed by atoms with Crippen molar-refractivity contribution in [3.8, 4) is 0 Å². The van der Waals surface area contributed by atoms with E-state index in [-0.39, 0.29) is 23.2 Å². The number of rotatable bonds is 6.